The van der Waals surface area contributed by atoms with Crippen LogP contribution in [0.1, 0.15) is 52.5 Å². The Morgan fingerprint density at radius 1 is 0.733 bits per heavy atom. The molecule has 3 aromatic rings. The summed E-state index contributed by atoms with van der Waals surface area (Å²) in [5, 5.41) is 0.173. The van der Waals surface area contributed by atoms with E-state index in [2.05, 4.69) is 68.4 Å². The molecule has 0 saturated heterocycles. The quantitative estimate of drug-likeness (QED) is 0.510. The number of benzene rings is 3. The van der Waals surface area contributed by atoms with Crippen LogP contribution in [0.3, 0.4) is 0 Å². The van der Waals surface area contributed by atoms with E-state index in [0.29, 0.717) is 12.8 Å². The van der Waals surface area contributed by atoms with E-state index in [1.54, 1.807) is 0 Å². The minimum atomic E-state index is -0.723. The number of hydrogen-bond acceptors (Lipinski definition) is 3. The van der Waals surface area contributed by atoms with Crippen LogP contribution in [0.4, 0.5) is 0 Å². The molecule has 150 valence electrons. The lowest BCUT2D eigenvalue weighted by Crippen LogP contribution is -2.48. The summed E-state index contributed by atoms with van der Waals surface area (Å²) in [6.45, 7) is 4.12. The first-order valence-corrected chi connectivity index (χ1v) is 11.3. The van der Waals surface area contributed by atoms with Crippen LogP contribution in [0.25, 0.3) is 0 Å². The predicted octanol–water partition coefficient (Wildman–Crippen LogP) is 6.10. The number of rotatable bonds is 2. The van der Waals surface area contributed by atoms with Crippen LogP contribution in [0.15, 0.2) is 77.7 Å². The summed E-state index contributed by atoms with van der Waals surface area (Å²) in [5.74, 6) is -0.0810. The standard InChI is InChI=1S/C27H24O2S/c1-17-7-11-19(12-8-17)23-15-21(28)16-24(20-13-9-18(2)10-14-20)27(23)22-5-3-4-6-25(22)30-26(27)29/h3-14,23-24H,15-16H2,1-2H3/t23-,24-/m1/s1. The number of hydrogen-bond donors (Lipinski definition) is 0. The van der Waals surface area contributed by atoms with Crippen molar-refractivity contribution < 1.29 is 9.59 Å². The van der Waals surface area contributed by atoms with Gasteiger partial charge in [-0.1, -0.05) is 89.6 Å². The number of aryl methyl sites for hydroxylation is 2. The maximum atomic E-state index is 13.9. The van der Waals surface area contributed by atoms with Gasteiger partial charge in [0.05, 0.1) is 5.41 Å². The maximum absolute atomic E-state index is 13.9. The zero-order valence-corrected chi connectivity index (χ0v) is 18.0. The molecule has 1 fully saturated rings. The number of Topliss-reactive ketones (excluding diaryl/α,β-unsaturated/α-hetero) is 1. The third-order valence-electron chi connectivity index (χ3n) is 6.80. The average Bonchev–Trinajstić information content (AvgIpc) is 3.03. The Bertz CT molecular complexity index is 1070. The van der Waals surface area contributed by atoms with Gasteiger partial charge in [-0.2, -0.15) is 0 Å². The molecule has 0 amide bonds. The van der Waals surface area contributed by atoms with Crippen molar-refractivity contribution in [1.82, 2.24) is 0 Å². The van der Waals surface area contributed by atoms with Crippen molar-refractivity contribution in [3.8, 4) is 0 Å². The highest BCUT2D eigenvalue weighted by Gasteiger charge is 2.60. The summed E-state index contributed by atoms with van der Waals surface area (Å²) in [6, 6.07) is 24.9. The second-order valence-electron chi connectivity index (χ2n) is 8.63. The Balaban J connectivity index is 1.78. The van der Waals surface area contributed by atoms with Crippen molar-refractivity contribution in [1.29, 1.82) is 0 Å². The van der Waals surface area contributed by atoms with Gasteiger partial charge in [0.2, 0.25) is 5.12 Å². The van der Waals surface area contributed by atoms with Crippen molar-refractivity contribution in [3.63, 3.8) is 0 Å². The molecule has 1 saturated carbocycles. The fourth-order valence-corrected chi connectivity index (χ4v) is 6.57. The molecule has 3 aromatic carbocycles. The molecule has 1 spiro atoms. The molecular weight excluding hydrogens is 388 g/mol. The molecule has 0 N–H and O–H groups in total. The predicted molar refractivity (Wildman–Crippen MR) is 121 cm³/mol. The summed E-state index contributed by atoms with van der Waals surface area (Å²) in [5.41, 5.74) is 4.88. The Hall–Kier alpha value is -2.65. The van der Waals surface area contributed by atoms with E-state index >= 15 is 0 Å². The number of thioether (sulfide) groups is 1. The molecular formula is C27H24O2S. The highest BCUT2D eigenvalue weighted by Crippen LogP contribution is 2.62. The van der Waals surface area contributed by atoms with E-state index < -0.39 is 5.41 Å². The van der Waals surface area contributed by atoms with Crippen LogP contribution >= 0.6 is 11.8 Å². The number of carbonyl (C=O) groups excluding carboxylic acids is 2. The zero-order chi connectivity index (χ0) is 20.9. The minimum Gasteiger partial charge on any atom is -0.300 e. The fourth-order valence-electron chi connectivity index (χ4n) is 5.31. The number of fused-ring (bicyclic) bond motifs is 2. The van der Waals surface area contributed by atoms with Crippen molar-refractivity contribution in [3.05, 3.63) is 101 Å². The molecule has 0 bridgehead atoms. The third-order valence-corrected chi connectivity index (χ3v) is 7.89. The van der Waals surface area contributed by atoms with Gasteiger partial charge in [0, 0.05) is 29.6 Å². The second kappa shape index (κ2) is 7.24. The van der Waals surface area contributed by atoms with Crippen LogP contribution in [0, 0.1) is 13.8 Å². The lowest BCUT2D eigenvalue weighted by atomic mass is 9.54. The molecule has 2 nitrogen and oxygen atoms in total. The Kier molecular flexibility index (Phi) is 4.67. The first kappa shape index (κ1) is 19.3. The van der Waals surface area contributed by atoms with E-state index in [-0.39, 0.29) is 22.7 Å². The largest absolute Gasteiger partial charge is 0.300 e. The Morgan fingerprint density at radius 2 is 1.23 bits per heavy atom. The Morgan fingerprint density at radius 3 is 1.77 bits per heavy atom. The van der Waals surface area contributed by atoms with Crippen LogP contribution in [0.2, 0.25) is 0 Å². The van der Waals surface area contributed by atoms with Gasteiger partial charge in [0.25, 0.3) is 0 Å². The third kappa shape index (κ3) is 2.87. The van der Waals surface area contributed by atoms with Crippen molar-refractivity contribution >= 4 is 22.7 Å². The van der Waals surface area contributed by atoms with Gasteiger partial charge < -0.3 is 0 Å². The van der Waals surface area contributed by atoms with Crippen molar-refractivity contribution in [2.75, 3.05) is 0 Å². The first-order valence-electron chi connectivity index (χ1n) is 10.5. The fraction of sp³-hybridized carbons (Fsp3) is 0.259. The normalized spacial score (nSPS) is 22.3. The van der Waals surface area contributed by atoms with Crippen LogP contribution < -0.4 is 0 Å². The summed E-state index contributed by atoms with van der Waals surface area (Å²) in [7, 11) is 0. The Labute approximate surface area is 181 Å². The highest BCUT2D eigenvalue weighted by atomic mass is 32.2. The van der Waals surface area contributed by atoms with Gasteiger partial charge in [-0.05, 0) is 36.6 Å². The van der Waals surface area contributed by atoms with E-state index in [0.717, 1.165) is 21.6 Å². The monoisotopic (exact) mass is 412 g/mol. The summed E-state index contributed by atoms with van der Waals surface area (Å²) < 4.78 is 0. The lowest BCUT2D eigenvalue weighted by molar-refractivity contribution is -0.126. The molecule has 30 heavy (non-hydrogen) atoms. The van der Waals surface area contributed by atoms with Crippen LogP contribution in [-0.4, -0.2) is 10.9 Å². The molecule has 0 radical (unpaired) electrons. The number of carbonyl (C=O) groups is 2. The highest BCUT2D eigenvalue weighted by molar-refractivity contribution is 8.14. The smallest absolute Gasteiger partial charge is 0.205 e. The zero-order valence-electron chi connectivity index (χ0n) is 17.2. The van der Waals surface area contributed by atoms with Gasteiger partial charge in [0.1, 0.15) is 5.78 Å². The van der Waals surface area contributed by atoms with Gasteiger partial charge in [-0.25, -0.2) is 0 Å². The lowest BCUT2D eigenvalue weighted by Gasteiger charge is -2.46. The SMILES string of the molecule is Cc1ccc([C@H]2CC(=O)C[C@H](c3ccc(C)cc3)C23C(=O)Sc2ccccc23)cc1. The molecule has 0 aromatic heterocycles. The summed E-state index contributed by atoms with van der Waals surface area (Å²) in [4.78, 5) is 27.9. The van der Waals surface area contributed by atoms with Crippen LogP contribution in [0.5, 0.6) is 0 Å². The molecule has 1 aliphatic carbocycles. The molecule has 1 heterocycles. The summed E-state index contributed by atoms with van der Waals surface area (Å²) >= 11 is 1.35. The second-order valence-corrected chi connectivity index (χ2v) is 9.64. The maximum Gasteiger partial charge on any atom is 0.205 e. The van der Waals surface area contributed by atoms with E-state index in [1.807, 2.05) is 18.2 Å². The van der Waals surface area contributed by atoms with Gasteiger partial charge in [-0.15, -0.1) is 0 Å². The van der Waals surface area contributed by atoms with Crippen molar-refractivity contribution in [2.24, 2.45) is 0 Å². The van der Waals surface area contributed by atoms with Crippen LogP contribution in [-0.2, 0) is 15.0 Å². The molecule has 2 aliphatic rings. The summed E-state index contributed by atoms with van der Waals surface area (Å²) in [6.07, 6.45) is 0.818. The molecule has 1 aliphatic heterocycles. The van der Waals surface area contributed by atoms with Crippen molar-refractivity contribution in [2.45, 2.75) is 48.8 Å². The van der Waals surface area contributed by atoms with Gasteiger partial charge in [0.15, 0.2) is 0 Å². The molecule has 3 heteroatoms. The van der Waals surface area contributed by atoms with Gasteiger partial charge >= 0.3 is 0 Å². The average molecular weight is 413 g/mol. The molecule has 0 unspecified atom stereocenters. The topological polar surface area (TPSA) is 34.1 Å². The van der Waals surface area contributed by atoms with E-state index in [1.165, 1.54) is 22.9 Å². The van der Waals surface area contributed by atoms with E-state index in [4.69, 9.17) is 0 Å². The molecule has 2 atom stereocenters. The first-order chi connectivity index (χ1) is 14.5. The van der Waals surface area contributed by atoms with E-state index in [9.17, 15) is 9.59 Å². The van der Waals surface area contributed by atoms with Gasteiger partial charge in [-0.3, -0.25) is 9.59 Å². The molecule has 5 rings (SSSR count). The minimum absolute atomic E-state index is 0.158. The number of ketones is 1.